The minimum Gasteiger partial charge on any atom is -0.292 e. The van der Waals surface area contributed by atoms with E-state index in [1.54, 1.807) is 24.3 Å². The molecule has 0 aliphatic carbocycles. The van der Waals surface area contributed by atoms with E-state index in [0.29, 0.717) is 16.3 Å². The Bertz CT molecular complexity index is 1040. The van der Waals surface area contributed by atoms with Gasteiger partial charge in [-0.2, -0.15) is 0 Å². The Labute approximate surface area is 148 Å². The van der Waals surface area contributed by atoms with Crippen molar-refractivity contribution >= 4 is 27.0 Å². The van der Waals surface area contributed by atoms with Gasteiger partial charge in [0.1, 0.15) is 5.82 Å². The molecule has 7 heteroatoms. The first-order valence-corrected chi connectivity index (χ1v) is 10.0. The maximum Gasteiger partial charge on any atom is 0.188 e. The molecule has 3 rings (SSSR count). The molecule has 1 heterocycles. The number of rotatable bonds is 4. The summed E-state index contributed by atoms with van der Waals surface area (Å²) >= 11 is 1.23. The number of carbonyl (C=O) groups excluding carboxylic acids is 1. The van der Waals surface area contributed by atoms with Crippen LogP contribution in [0.1, 0.15) is 16.7 Å². The van der Waals surface area contributed by atoms with Crippen LogP contribution in [0, 0.1) is 5.82 Å². The number of hydrogen-bond acceptors (Lipinski definition) is 5. The van der Waals surface area contributed by atoms with Gasteiger partial charge in [-0.1, -0.05) is 12.1 Å². The van der Waals surface area contributed by atoms with Crippen LogP contribution in [0.5, 0.6) is 0 Å². The molecule has 0 aliphatic heterocycles. The van der Waals surface area contributed by atoms with Crippen molar-refractivity contribution < 1.29 is 17.6 Å². The molecule has 0 fully saturated rings. The van der Waals surface area contributed by atoms with Crippen LogP contribution in [-0.4, -0.2) is 25.4 Å². The van der Waals surface area contributed by atoms with E-state index in [9.17, 15) is 17.6 Å². The van der Waals surface area contributed by atoms with Crippen molar-refractivity contribution in [3.63, 3.8) is 0 Å². The normalized spacial score (nSPS) is 11.5. The van der Waals surface area contributed by atoms with Gasteiger partial charge in [-0.15, -0.1) is 11.3 Å². The van der Waals surface area contributed by atoms with E-state index in [1.165, 1.54) is 42.5 Å². The summed E-state index contributed by atoms with van der Waals surface area (Å²) in [5, 5.41) is 0.349. The summed E-state index contributed by atoms with van der Waals surface area (Å²) in [4.78, 5) is 17.1. The Morgan fingerprint density at radius 3 is 2.08 bits per heavy atom. The van der Waals surface area contributed by atoms with Gasteiger partial charge in [0.05, 0.1) is 15.5 Å². The van der Waals surface area contributed by atoms with Crippen molar-refractivity contribution in [3.05, 3.63) is 59.4 Å². The van der Waals surface area contributed by atoms with Crippen LogP contribution in [0.25, 0.3) is 21.7 Å². The lowest BCUT2D eigenvalue weighted by atomic mass is 10.1. The molecule has 25 heavy (non-hydrogen) atoms. The molecule has 0 amide bonds. The molecule has 0 spiro atoms. The average Bonchev–Trinajstić information content (AvgIpc) is 3.00. The third-order valence-corrected chi connectivity index (χ3v) is 5.92. The number of sulfone groups is 1. The third-order valence-electron chi connectivity index (χ3n) is 3.59. The Hall–Kier alpha value is -2.38. The Morgan fingerprint density at radius 2 is 1.56 bits per heavy atom. The number of carbonyl (C=O) groups is 1. The Morgan fingerprint density at radius 1 is 1.00 bits per heavy atom. The molecule has 4 nitrogen and oxygen atoms in total. The van der Waals surface area contributed by atoms with E-state index < -0.39 is 9.84 Å². The molecule has 0 unspecified atom stereocenters. The predicted octanol–water partition coefficient (Wildman–Crippen LogP) is 4.22. The first kappa shape index (κ1) is 17.4. The first-order valence-electron chi connectivity index (χ1n) is 7.34. The number of Topliss-reactive ketones (excluding diaryl/α,β-unsaturated/α-hetero) is 1. The number of benzene rings is 2. The fourth-order valence-electron chi connectivity index (χ4n) is 2.32. The van der Waals surface area contributed by atoms with Crippen LogP contribution in [0.4, 0.5) is 4.39 Å². The monoisotopic (exact) mass is 375 g/mol. The molecule has 0 saturated heterocycles. The standard InChI is InChI=1S/C18H14FNO3S2/c1-11(21)18-20-16(12-3-7-14(19)8-4-12)17(24-18)13-5-9-15(10-6-13)25(2,22)23/h3-10H,1-2H3. The maximum atomic E-state index is 13.2. The van der Waals surface area contributed by atoms with Gasteiger partial charge in [0.25, 0.3) is 0 Å². The average molecular weight is 375 g/mol. The second-order valence-corrected chi connectivity index (χ2v) is 8.57. The van der Waals surface area contributed by atoms with Crippen LogP contribution < -0.4 is 0 Å². The van der Waals surface area contributed by atoms with Crippen molar-refractivity contribution in [3.8, 4) is 21.7 Å². The number of hydrogen-bond donors (Lipinski definition) is 0. The van der Waals surface area contributed by atoms with Gasteiger partial charge in [-0.05, 0) is 42.0 Å². The lowest BCUT2D eigenvalue weighted by Gasteiger charge is -2.04. The lowest BCUT2D eigenvalue weighted by Crippen LogP contribution is -1.96. The summed E-state index contributed by atoms with van der Waals surface area (Å²) in [5.41, 5.74) is 2.01. The molecule has 0 radical (unpaired) electrons. The lowest BCUT2D eigenvalue weighted by molar-refractivity contribution is 0.101. The highest BCUT2D eigenvalue weighted by molar-refractivity contribution is 7.90. The summed E-state index contributed by atoms with van der Waals surface area (Å²) in [5.74, 6) is -0.516. The summed E-state index contributed by atoms with van der Waals surface area (Å²) in [6.07, 6.45) is 1.15. The smallest absolute Gasteiger partial charge is 0.188 e. The van der Waals surface area contributed by atoms with Crippen LogP contribution in [0.2, 0.25) is 0 Å². The summed E-state index contributed by atoms with van der Waals surface area (Å²) in [6, 6.07) is 12.3. The van der Waals surface area contributed by atoms with Gasteiger partial charge < -0.3 is 0 Å². The number of nitrogens with zero attached hydrogens (tertiary/aromatic N) is 1. The molecule has 0 N–H and O–H groups in total. The largest absolute Gasteiger partial charge is 0.292 e. The van der Waals surface area contributed by atoms with E-state index in [2.05, 4.69) is 4.98 Å². The summed E-state index contributed by atoms with van der Waals surface area (Å²) in [6.45, 7) is 1.43. The molecule has 0 aliphatic rings. The van der Waals surface area contributed by atoms with E-state index in [4.69, 9.17) is 0 Å². The van der Waals surface area contributed by atoms with Crippen LogP contribution in [0.15, 0.2) is 53.4 Å². The number of ketones is 1. The minimum atomic E-state index is -3.29. The fraction of sp³-hybridized carbons (Fsp3) is 0.111. The third kappa shape index (κ3) is 3.67. The highest BCUT2D eigenvalue weighted by atomic mass is 32.2. The second-order valence-electron chi connectivity index (χ2n) is 5.56. The predicted molar refractivity (Wildman–Crippen MR) is 96.1 cm³/mol. The molecule has 3 aromatic rings. The van der Waals surface area contributed by atoms with Crippen LogP contribution in [-0.2, 0) is 9.84 Å². The zero-order valence-electron chi connectivity index (χ0n) is 13.5. The summed E-state index contributed by atoms with van der Waals surface area (Å²) in [7, 11) is -3.29. The Kier molecular flexibility index (Phi) is 4.53. The van der Waals surface area contributed by atoms with Gasteiger partial charge in [0.2, 0.25) is 0 Å². The van der Waals surface area contributed by atoms with Crippen molar-refractivity contribution in [1.82, 2.24) is 4.98 Å². The van der Waals surface area contributed by atoms with E-state index >= 15 is 0 Å². The van der Waals surface area contributed by atoms with Crippen molar-refractivity contribution in [2.45, 2.75) is 11.8 Å². The molecule has 128 valence electrons. The molecular formula is C18H14FNO3S2. The topological polar surface area (TPSA) is 64.1 Å². The van der Waals surface area contributed by atoms with Crippen LogP contribution >= 0.6 is 11.3 Å². The van der Waals surface area contributed by atoms with Crippen molar-refractivity contribution in [2.24, 2.45) is 0 Å². The highest BCUT2D eigenvalue weighted by Gasteiger charge is 2.18. The molecule has 1 aromatic heterocycles. The quantitative estimate of drug-likeness (QED) is 0.641. The first-order chi connectivity index (χ1) is 11.8. The number of thiazole rings is 1. The van der Waals surface area contributed by atoms with Crippen molar-refractivity contribution in [1.29, 1.82) is 0 Å². The molecule has 2 aromatic carbocycles. The van der Waals surface area contributed by atoms with Gasteiger partial charge >= 0.3 is 0 Å². The van der Waals surface area contributed by atoms with Crippen LogP contribution in [0.3, 0.4) is 0 Å². The molecule has 0 atom stereocenters. The fourth-order valence-corrected chi connectivity index (χ4v) is 3.94. The maximum absolute atomic E-state index is 13.2. The van der Waals surface area contributed by atoms with Gasteiger partial charge in [0, 0.05) is 18.7 Å². The van der Waals surface area contributed by atoms with E-state index in [-0.39, 0.29) is 16.5 Å². The zero-order valence-corrected chi connectivity index (χ0v) is 15.1. The number of halogens is 1. The minimum absolute atomic E-state index is 0.160. The van der Waals surface area contributed by atoms with Gasteiger partial charge in [-0.3, -0.25) is 4.79 Å². The number of aromatic nitrogens is 1. The van der Waals surface area contributed by atoms with Gasteiger partial charge in [-0.25, -0.2) is 17.8 Å². The SMILES string of the molecule is CC(=O)c1nc(-c2ccc(F)cc2)c(-c2ccc(S(C)(=O)=O)cc2)s1. The summed E-state index contributed by atoms with van der Waals surface area (Å²) < 4.78 is 36.4. The highest BCUT2D eigenvalue weighted by Crippen LogP contribution is 2.37. The van der Waals surface area contributed by atoms with E-state index in [0.717, 1.165) is 16.7 Å². The second kappa shape index (κ2) is 6.50. The van der Waals surface area contributed by atoms with Crippen molar-refractivity contribution in [2.75, 3.05) is 6.26 Å². The molecular weight excluding hydrogens is 361 g/mol. The van der Waals surface area contributed by atoms with E-state index in [1.807, 2.05) is 0 Å². The molecule has 0 saturated carbocycles. The van der Waals surface area contributed by atoms with Gasteiger partial charge in [0.15, 0.2) is 20.6 Å². The molecule has 0 bridgehead atoms. The zero-order chi connectivity index (χ0) is 18.2. The Balaban J connectivity index is 2.14.